The van der Waals surface area contributed by atoms with Gasteiger partial charge in [0.15, 0.2) is 5.82 Å². The van der Waals surface area contributed by atoms with Gasteiger partial charge in [-0.05, 0) is 30.7 Å². The predicted molar refractivity (Wildman–Crippen MR) is 216 cm³/mol. The second-order valence-electron chi connectivity index (χ2n) is 14.9. The lowest BCUT2D eigenvalue weighted by Gasteiger charge is -2.24. The van der Waals surface area contributed by atoms with E-state index in [-0.39, 0.29) is 29.2 Å². The van der Waals surface area contributed by atoms with Crippen LogP contribution in [-0.2, 0) is 33.4 Å². The van der Waals surface area contributed by atoms with Crippen molar-refractivity contribution in [2.45, 2.75) is 140 Å². The Morgan fingerprint density at radius 2 is 1.51 bits per heavy atom. The molecule has 2 aromatic heterocycles. The number of carbonyl (C=O) groups is 2. The number of aliphatic hydroxyl groups is 2. The molecule has 1 unspecified atom stereocenters. The minimum Gasteiger partial charge on any atom is -0.478 e. The topological polar surface area (TPSA) is 258 Å². The maximum absolute atomic E-state index is 13.1. The first kappa shape index (κ1) is 47.7. The van der Waals surface area contributed by atoms with E-state index in [9.17, 15) is 39.6 Å². The summed E-state index contributed by atoms with van der Waals surface area (Å²) in [5.41, 5.74) is 3.53. The summed E-state index contributed by atoms with van der Waals surface area (Å²) >= 11 is 0. The number of ether oxygens (including phenoxy) is 3. The standard InChI is InChI=1S/C41H60N5O12P/c1-2-3-4-5-6-7-8-9-10-11-12-13-14-15-16-19-24-54-25-30(57-40(51)32-21-18-17-20-31(32)39(49)50)26-55-59(52,53)56-27-34-36(47)37(48)41(28-42,58-34)35-23-22-33-38(43)44-29-45-46(33)35/h17-18,20-23,29-30,34,36-37,47-48H,2-16,19,24-27H2,1H3,(H,49,50)(H,52,53)(H2,43,44,45)/t30-,34-,36-,37-,41+/m1/s1. The highest BCUT2D eigenvalue weighted by atomic mass is 31.2. The van der Waals surface area contributed by atoms with Crippen LogP contribution in [0.15, 0.2) is 42.7 Å². The third-order valence-electron chi connectivity index (χ3n) is 10.4. The number of carbonyl (C=O) groups excluding carboxylic acids is 1. The Bertz CT molecular complexity index is 1860. The molecular weight excluding hydrogens is 785 g/mol. The summed E-state index contributed by atoms with van der Waals surface area (Å²) in [4.78, 5) is 39.3. The zero-order valence-corrected chi connectivity index (χ0v) is 34.8. The van der Waals surface area contributed by atoms with Gasteiger partial charge in [0.2, 0.25) is 5.60 Å². The Labute approximate surface area is 345 Å². The summed E-state index contributed by atoms with van der Waals surface area (Å²) in [6.07, 6.45) is 14.4. The van der Waals surface area contributed by atoms with Crippen molar-refractivity contribution >= 4 is 31.1 Å². The van der Waals surface area contributed by atoms with E-state index in [0.29, 0.717) is 12.1 Å². The van der Waals surface area contributed by atoms with Gasteiger partial charge in [0.05, 0.1) is 36.6 Å². The van der Waals surface area contributed by atoms with Crippen molar-refractivity contribution in [2.75, 3.05) is 32.2 Å². The van der Waals surface area contributed by atoms with Gasteiger partial charge in [0, 0.05) is 6.61 Å². The molecular formula is C41H60N5O12P. The first-order valence-corrected chi connectivity index (χ1v) is 22.2. The Hall–Kier alpha value is -3.98. The normalized spacial score (nSPS) is 20.6. The highest BCUT2D eigenvalue weighted by molar-refractivity contribution is 7.47. The van der Waals surface area contributed by atoms with Crippen LogP contribution in [0.1, 0.15) is 136 Å². The number of nitrogen functional groups attached to an aromatic ring is 1. The van der Waals surface area contributed by atoms with Crippen LogP contribution in [0, 0.1) is 11.3 Å². The van der Waals surface area contributed by atoms with E-state index in [1.807, 2.05) is 6.07 Å². The largest absolute Gasteiger partial charge is 0.478 e. The van der Waals surface area contributed by atoms with E-state index >= 15 is 0 Å². The lowest BCUT2D eigenvalue weighted by molar-refractivity contribution is -0.0659. The number of hydrogen-bond donors (Lipinski definition) is 5. The monoisotopic (exact) mass is 845 g/mol. The Morgan fingerprint density at radius 1 is 0.915 bits per heavy atom. The first-order valence-electron chi connectivity index (χ1n) is 20.7. The number of anilines is 1. The summed E-state index contributed by atoms with van der Waals surface area (Å²) in [6.45, 7) is 0.832. The number of nitriles is 1. The lowest BCUT2D eigenvalue weighted by atomic mass is 9.92. The number of phosphoric ester groups is 1. The van der Waals surface area contributed by atoms with Gasteiger partial charge >= 0.3 is 19.8 Å². The van der Waals surface area contributed by atoms with Crippen molar-refractivity contribution in [3.05, 3.63) is 59.5 Å². The van der Waals surface area contributed by atoms with E-state index in [4.69, 9.17) is 29.0 Å². The predicted octanol–water partition coefficient (Wildman–Crippen LogP) is 6.49. The van der Waals surface area contributed by atoms with Crippen LogP contribution in [0.3, 0.4) is 0 Å². The minimum atomic E-state index is -4.96. The zero-order valence-electron chi connectivity index (χ0n) is 33.9. The number of aliphatic hydroxyl groups excluding tert-OH is 2. The van der Waals surface area contributed by atoms with Gasteiger partial charge in [-0.1, -0.05) is 115 Å². The molecule has 326 valence electrons. The number of aromatic nitrogens is 3. The number of nitrogens with two attached hydrogens (primary N) is 1. The van der Waals surface area contributed by atoms with E-state index < -0.39 is 63.0 Å². The van der Waals surface area contributed by atoms with Gasteiger partial charge in [0.25, 0.3) is 0 Å². The second kappa shape index (κ2) is 24.3. The van der Waals surface area contributed by atoms with Crippen molar-refractivity contribution in [1.29, 1.82) is 5.26 Å². The fraction of sp³-hybridized carbons (Fsp3) is 0.634. The third-order valence-corrected chi connectivity index (χ3v) is 11.4. The van der Waals surface area contributed by atoms with Crippen LogP contribution in [0.2, 0.25) is 0 Å². The molecule has 6 N–H and O–H groups in total. The number of hydrogen-bond acceptors (Lipinski definition) is 14. The third kappa shape index (κ3) is 14.0. The summed E-state index contributed by atoms with van der Waals surface area (Å²) in [5.74, 6) is -2.26. The van der Waals surface area contributed by atoms with Crippen molar-refractivity contribution in [2.24, 2.45) is 0 Å². The molecule has 3 heterocycles. The highest BCUT2D eigenvalue weighted by Gasteiger charge is 2.58. The van der Waals surface area contributed by atoms with Gasteiger partial charge in [-0.3, -0.25) is 9.05 Å². The lowest BCUT2D eigenvalue weighted by Crippen LogP contribution is -2.41. The molecule has 0 aliphatic carbocycles. The molecule has 1 fully saturated rings. The minimum absolute atomic E-state index is 0.0234. The summed E-state index contributed by atoms with van der Waals surface area (Å²) in [5, 5.41) is 45.5. The van der Waals surface area contributed by atoms with Gasteiger partial charge in [0.1, 0.15) is 42.3 Å². The molecule has 0 bridgehead atoms. The van der Waals surface area contributed by atoms with Crippen LogP contribution < -0.4 is 5.73 Å². The fourth-order valence-electron chi connectivity index (χ4n) is 7.08. The average molecular weight is 846 g/mol. The van der Waals surface area contributed by atoms with Crippen LogP contribution >= 0.6 is 7.82 Å². The molecule has 59 heavy (non-hydrogen) atoms. The Balaban J connectivity index is 1.23. The second-order valence-corrected chi connectivity index (χ2v) is 16.4. The fourth-order valence-corrected chi connectivity index (χ4v) is 7.84. The number of carboxylic acid groups (broad SMARTS) is 1. The van der Waals surface area contributed by atoms with Gasteiger partial charge in [-0.15, -0.1) is 0 Å². The summed E-state index contributed by atoms with van der Waals surface area (Å²) < 4.78 is 41.5. The van der Waals surface area contributed by atoms with Crippen molar-refractivity contribution in [3.8, 4) is 6.07 Å². The molecule has 4 rings (SSSR count). The molecule has 1 saturated heterocycles. The van der Waals surface area contributed by atoms with E-state index in [1.165, 1.54) is 118 Å². The summed E-state index contributed by atoms with van der Waals surface area (Å²) in [6, 6.07) is 10.2. The van der Waals surface area contributed by atoms with E-state index in [0.717, 1.165) is 32.0 Å². The Morgan fingerprint density at radius 3 is 2.10 bits per heavy atom. The van der Waals surface area contributed by atoms with Gasteiger partial charge < -0.3 is 40.2 Å². The van der Waals surface area contributed by atoms with Crippen molar-refractivity contribution in [1.82, 2.24) is 14.6 Å². The number of fused-ring (bicyclic) bond motifs is 1. The first-order chi connectivity index (χ1) is 28.4. The molecule has 18 heteroatoms. The smallest absolute Gasteiger partial charge is 0.472 e. The number of rotatable bonds is 29. The molecule has 6 atom stereocenters. The van der Waals surface area contributed by atoms with Crippen LogP contribution in [0.5, 0.6) is 0 Å². The molecule has 0 amide bonds. The van der Waals surface area contributed by atoms with Gasteiger partial charge in [-0.2, -0.15) is 10.4 Å². The molecule has 3 aromatic rings. The summed E-state index contributed by atoms with van der Waals surface area (Å²) in [7, 11) is -4.96. The maximum atomic E-state index is 13.1. The van der Waals surface area contributed by atoms with Crippen LogP contribution in [-0.4, -0.2) is 97.6 Å². The SMILES string of the molecule is CCCCCCCCCCCCCCCCCCOC[C@H](COP(=O)(O)OC[C@H]1O[C@@](C#N)(c2ccc3c(N)ncnn23)[C@H](O)[C@@H]1O)OC(=O)c1ccccc1C(=O)O. The molecule has 1 aromatic carbocycles. The van der Waals surface area contributed by atoms with Gasteiger partial charge in [-0.25, -0.2) is 23.7 Å². The molecule has 1 aliphatic rings. The number of benzene rings is 1. The number of aromatic carboxylic acids is 1. The maximum Gasteiger partial charge on any atom is 0.472 e. The van der Waals surface area contributed by atoms with Crippen molar-refractivity contribution < 1.29 is 57.6 Å². The number of unbranched alkanes of at least 4 members (excludes halogenated alkanes) is 15. The highest BCUT2D eigenvalue weighted by Crippen LogP contribution is 2.46. The molecule has 0 spiro atoms. The van der Waals surface area contributed by atoms with Crippen LogP contribution in [0.4, 0.5) is 5.82 Å². The quantitative estimate of drug-likeness (QED) is 0.0284. The van der Waals surface area contributed by atoms with E-state index in [2.05, 4.69) is 17.0 Å². The number of carboxylic acids is 1. The molecule has 17 nitrogen and oxygen atoms in total. The number of phosphoric acid groups is 1. The number of nitrogens with zero attached hydrogens (tertiary/aromatic N) is 4. The van der Waals surface area contributed by atoms with Crippen molar-refractivity contribution in [3.63, 3.8) is 0 Å². The molecule has 0 saturated carbocycles. The number of esters is 1. The zero-order chi connectivity index (χ0) is 42.7. The molecule has 1 aliphatic heterocycles. The molecule has 0 radical (unpaired) electrons. The van der Waals surface area contributed by atoms with Crippen LogP contribution in [0.25, 0.3) is 5.52 Å². The van der Waals surface area contributed by atoms with E-state index in [1.54, 1.807) is 0 Å². The average Bonchev–Trinajstić information content (AvgIpc) is 3.77. The Kier molecular flexibility index (Phi) is 19.7.